The molecule has 0 radical (unpaired) electrons. The summed E-state index contributed by atoms with van der Waals surface area (Å²) in [5, 5.41) is 21.8. The second-order valence-corrected chi connectivity index (χ2v) is 31.4. The molecule has 0 spiro atoms. The van der Waals surface area contributed by atoms with Gasteiger partial charge in [-0.05, 0) is 76.2 Å². The third-order valence-corrected chi connectivity index (χ3v) is 15.0. The molecule has 17 heteroatoms. The molecule has 15 nitrogen and oxygen atoms in total. The van der Waals surface area contributed by atoms with Gasteiger partial charge in [0.05, 0.1) is 46.8 Å². The van der Waals surface area contributed by atoms with Crippen molar-refractivity contribution in [3.05, 3.63) is 66.5 Å². The number of aromatic nitrogens is 6. The summed E-state index contributed by atoms with van der Waals surface area (Å²) in [5.74, 6) is 1.63. The number of carbonyl (C=O) groups excluding carboxylic acids is 1. The van der Waals surface area contributed by atoms with Crippen LogP contribution in [0.3, 0.4) is 0 Å². The third kappa shape index (κ3) is 11.0. The molecule has 7 rings (SSSR count). The van der Waals surface area contributed by atoms with Crippen molar-refractivity contribution >= 4 is 39.2 Å². The second-order valence-electron chi connectivity index (χ2n) is 20.2. The summed E-state index contributed by atoms with van der Waals surface area (Å²) in [6, 6.07) is 14.9. The minimum atomic E-state index is -1.34. The molecular weight excluding hydrogens is 833 g/mol. The lowest BCUT2D eigenvalue weighted by Crippen LogP contribution is -2.37. The number of benzene rings is 2. The molecule has 0 aliphatic carbocycles. The van der Waals surface area contributed by atoms with E-state index < -0.39 is 27.8 Å². The largest absolute Gasteiger partial charge is 0.493 e. The van der Waals surface area contributed by atoms with Crippen LogP contribution in [0.4, 0.5) is 9.59 Å². The highest BCUT2D eigenvalue weighted by Crippen LogP contribution is 2.38. The lowest BCUT2D eigenvalue weighted by atomic mass is 10.1. The average molecular weight is 897 g/mol. The Morgan fingerprint density at radius 3 is 1.78 bits per heavy atom. The zero-order valence-electron chi connectivity index (χ0n) is 38.3. The van der Waals surface area contributed by atoms with Crippen molar-refractivity contribution in [2.45, 2.75) is 129 Å². The fourth-order valence-electron chi connectivity index (χ4n) is 8.14. The first-order chi connectivity index (χ1) is 29.8. The van der Waals surface area contributed by atoms with Crippen molar-refractivity contribution < 1.29 is 34.0 Å². The van der Waals surface area contributed by atoms with Crippen molar-refractivity contribution in [2.75, 3.05) is 26.3 Å². The van der Waals surface area contributed by atoms with Crippen LogP contribution in [-0.2, 0) is 27.7 Å². The van der Waals surface area contributed by atoms with Gasteiger partial charge >= 0.3 is 12.2 Å². The van der Waals surface area contributed by atoms with Gasteiger partial charge in [-0.1, -0.05) is 69.6 Å². The maximum atomic E-state index is 13.3. The molecule has 2 saturated heterocycles. The summed E-state index contributed by atoms with van der Waals surface area (Å²) in [4.78, 5) is 47.8. The van der Waals surface area contributed by atoms with Crippen LogP contribution in [0.25, 0.3) is 44.8 Å². The van der Waals surface area contributed by atoms with Gasteiger partial charge < -0.3 is 33.6 Å². The molecule has 2 amide bonds. The first-order valence-corrected chi connectivity index (χ1v) is 29.6. The lowest BCUT2D eigenvalue weighted by molar-refractivity contribution is 0.0204. The Bertz CT molecular complexity index is 2420. The quantitative estimate of drug-likeness (QED) is 0.0757. The van der Waals surface area contributed by atoms with Crippen molar-refractivity contribution in [1.29, 1.82) is 0 Å². The third-order valence-electron chi connectivity index (χ3n) is 11.6. The number of ether oxygens (including phenoxy) is 3. The number of likely N-dealkylation sites (tertiary alicyclic amines) is 2. The fourth-order valence-corrected chi connectivity index (χ4v) is 9.65. The Morgan fingerprint density at radius 1 is 0.730 bits per heavy atom. The summed E-state index contributed by atoms with van der Waals surface area (Å²) < 4.78 is 22.3. The van der Waals surface area contributed by atoms with E-state index in [1.807, 2.05) is 78.6 Å². The van der Waals surface area contributed by atoms with Crippen LogP contribution in [0.1, 0.15) is 70.2 Å². The van der Waals surface area contributed by atoms with Crippen molar-refractivity contribution in [3.8, 4) is 39.8 Å². The van der Waals surface area contributed by atoms with E-state index in [0.717, 1.165) is 65.3 Å². The Morgan fingerprint density at radius 2 is 1.24 bits per heavy atom. The van der Waals surface area contributed by atoms with E-state index in [2.05, 4.69) is 44.3 Å². The van der Waals surface area contributed by atoms with Crippen LogP contribution in [0, 0.1) is 0 Å². The molecular formula is C46H64N8O7Si2. The predicted octanol–water partition coefficient (Wildman–Crippen LogP) is 10.2. The summed E-state index contributed by atoms with van der Waals surface area (Å²) in [6.07, 6.45) is 5.37. The number of amides is 2. The van der Waals surface area contributed by atoms with E-state index in [-0.39, 0.29) is 37.5 Å². The van der Waals surface area contributed by atoms with E-state index in [9.17, 15) is 19.8 Å². The van der Waals surface area contributed by atoms with E-state index in [1.165, 1.54) is 4.90 Å². The lowest BCUT2D eigenvalue weighted by Gasteiger charge is -2.29. The van der Waals surface area contributed by atoms with E-state index in [1.54, 1.807) is 11.1 Å². The van der Waals surface area contributed by atoms with Crippen molar-refractivity contribution in [1.82, 2.24) is 38.9 Å². The van der Waals surface area contributed by atoms with Gasteiger partial charge in [0.15, 0.2) is 5.82 Å². The van der Waals surface area contributed by atoms with Crippen LogP contribution in [0.15, 0.2) is 54.9 Å². The number of nitrogens with zero attached hydrogens (tertiary/aromatic N) is 8. The van der Waals surface area contributed by atoms with Gasteiger partial charge in [-0.2, -0.15) is 4.98 Å². The molecule has 2 aliphatic heterocycles. The number of hydrogen-bond donors (Lipinski definition) is 2. The number of hydrogen-bond acceptors (Lipinski definition) is 10. The maximum Gasteiger partial charge on any atom is 0.410 e. The molecule has 338 valence electrons. The van der Waals surface area contributed by atoms with Crippen LogP contribution < -0.4 is 0 Å². The number of imidazole rings is 2. The molecule has 5 aromatic rings. The number of rotatable bonds is 15. The van der Waals surface area contributed by atoms with E-state index >= 15 is 0 Å². The highest BCUT2D eigenvalue weighted by atomic mass is 28.3. The van der Waals surface area contributed by atoms with Crippen LogP contribution in [-0.4, -0.2) is 109 Å². The topological polar surface area (TPSA) is 170 Å². The Hall–Kier alpha value is -5.11. The molecule has 2 aliphatic rings. The minimum Gasteiger partial charge on any atom is -0.493 e. The van der Waals surface area contributed by atoms with Crippen LogP contribution >= 0.6 is 0 Å². The normalized spacial score (nSPS) is 17.3. The first-order valence-electron chi connectivity index (χ1n) is 22.1. The Labute approximate surface area is 372 Å². The van der Waals surface area contributed by atoms with E-state index in [4.69, 9.17) is 29.2 Å². The molecule has 0 unspecified atom stereocenters. The molecule has 0 bridgehead atoms. The second kappa shape index (κ2) is 18.5. The molecule has 2 fully saturated rings. The van der Waals surface area contributed by atoms with Crippen molar-refractivity contribution in [2.24, 2.45) is 0 Å². The Balaban J connectivity index is 1.16. The van der Waals surface area contributed by atoms with Gasteiger partial charge in [-0.25, -0.2) is 24.5 Å². The Kier molecular flexibility index (Phi) is 13.5. The van der Waals surface area contributed by atoms with Crippen LogP contribution in [0.2, 0.25) is 51.4 Å². The van der Waals surface area contributed by atoms with Gasteiger partial charge in [-0.3, -0.25) is 9.80 Å². The average Bonchev–Trinajstić information content (AvgIpc) is 4.03. The zero-order chi connectivity index (χ0) is 45.3. The molecule has 2 atom stereocenters. The first kappa shape index (κ1) is 45.9. The molecule has 63 heavy (non-hydrogen) atoms. The monoisotopic (exact) mass is 896 g/mol. The molecule has 3 aromatic heterocycles. The molecule has 2 aromatic carbocycles. The highest BCUT2D eigenvalue weighted by molar-refractivity contribution is 6.76. The summed E-state index contributed by atoms with van der Waals surface area (Å²) in [7, 11) is -2.65. The number of fused-ring (bicyclic) bond motifs is 1. The molecule has 2 N–H and O–H groups in total. The van der Waals surface area contributed by atoms with Gasteiger partial charge in [0.1, 0.15) is 30.7 Å². The van der Waals surface area contributed by atoms with Gasteiger partial charge in [0.25, 0.3) is 0 Å². The SMILES string of the molecule is CC(C)(C)OC(=O)N1CCC[C@H]1c1ncc(-c2ccc3nc(-c4ccc(-c5cnc([C@@H]6CCCN6C(=O)O)n5COCC[Si](C)(C)C)cc4)nc(O)c3c2)n1COCC[Si](C)(C)C. The predicted molar refractivity (Wildman–Crippen MR) is 249 cm³/mol. The smallest absolute Gasteiger partial charge is 0.410 e. The summed E-state index contributed by atoms with van der Waals surface area (Å²) >= 11 is 0. The highest BCUT2D eigenvalue weighted by Gasteiger charge is 2.37. The number of carboxylic acid groups (broad SMARTS) is 1. The van der Waals surface area contributed by atoms with Gasteiger partial charge in [0, 0.05) is 53.6 Å². The standard InChI is InChI=1S/C46H64N8O7Si2/c1-46(2,3)61-45(58)52-21-11-13-37(52)42-48-28-39(54(42)30-60-23-25-63(7,8)9)33-18-19-35-34(26-33)43(55)50-40(49-35)32-16-14-31(15-17-32)38-27-47-41(36-12-10-20-51(36)44(56)57)53(38)29-59-22-24-62(4,5)6/h14-19,26-28,36-37H,10-13,20-25,29-30H2,1-9H3,(H,56,57)(H,49,50,55)/t36-,37-/m0/s1. The molecule has 5 heterocycles. The number of carbonyl (C=O) groups is 2. The number of aromatic hydroxyl groups is 1. The van der Waals surface area contributed by atoms with Crippen molar-refractivity contribution in [3.63, 3.8) is 0 Å². The van der Waals surface area contributed by atoms with Gasteiger partial charge in [0.2, 0.25) is 5.88 Å². The summed E-state index contributed by atoms with van der Waals surface area (Å²) in [5.41, 5.74) is 3.98. The zero-order valence-corrected chi connectivity index (χ0v) is 40.3. The van der Waals surface area contributed by atoms with Crippen LogP contribution in [0.5, 0.6) is 5.88 Å². The minimum absolute atomic E-state index is 0.150. The molecule has 0 saturated carbocycles. The van der Waals surface area contributed by atoms with E-state index in [0.29, 0.717) is 55.3 Å². The maximum absolute atomic E-state index is 13.3. The summed E-state index contributed by atoms with van der Waals surface area (Å²) in [6.45, 7) is 22.3. The fraction of sp³-hybridized carbons (Fsp3) is 0.522. The van der Waals surface area contributed by atoms with Gasteiger partial charge in [-0.15, -0.1) is 0 Å².